The molecule has 0 aliphatic rings. The van der Waals surface area contributed by atoms with Crippen molar-refractivity contribution < 1.29 is 8.42 Å². The quantitative estimate of drug-likeness (QED) is 0.656. The first kappa shape index (κ1) is 14.8. The van der Waals surface area contributed by atoms with E-state index >= 15 is 0 Å². The highest BCUT2D eigenvalue weighted by Gasteiger charge is 2.16. The van der Waals surface area contributed by atoms with Gasteiger partial charge in [-0.2, -0.15) is 0 Å². The van der Waals surface area contributed by atoms with Crippen molar-refractivity contribution in [3.05, 3.63) is 35.7 Å². The number of hydrogen-bond acceptors (Lipinski definition) is 6. The van der Waals surface area contributed by atoms with Crippen LogP contribution in [0.1, 0.15) is 11.4 Å². The van der Waals surface area contributed by atoms with Crippen LogP contribution < -0.4 is 10.9 Å². The molecule has 1 aromatic carbocycles. The second-order valence-corrected chi connectivity index (χ2v) is 6.83. The molecule has 4 N–H and O–H groups in total. The lowest BCUT2D eigenvalue weighted by Crippen LogP contribution is -2.13. The molecule has 0 radical (unpaired) electrons. The molecule has 1 aromatic heterocycles. The summed E-state index contributed by atoms with van der Waals surface area (Å²) in [5.74, 6) is 0. The maximum atomic E-state index is 11.6. The summed E-state index contributed by atoms with van der Waals surface area (Å²) in [7, 11) is -3.85. The molecule has 2 rings (SSSR count). The zero-order valence-electron chi connectivity index (χ0n) is 11.0. The molecule has 0 saturated heterocycles. The van der Waals surface area contributed by atoms with Crippen LogP contribution in [-0.4, -0.2) is 18.4 Å². The van der Waals surface area contributed by atoms with Crippen LogP contribution in [0, 0.1) is 13.8 Å². The average Bonchev–Trinajstić information content (AvgIpc) is 2.28. The number of primary sulfonamides is 1. The highest BCUT2D eigenvalue weighted by atomic mass is 32.2. The molecule has 0 amide bonds. The van der Waals surface area contributed by atoms with E-state index in [1.54, 1.807) is 12.1 Å². The smallest absolute Gasteiger partial charge is 0.239 e. The fourth-order valence-electron chi connectivity index (χ4n) is 1.67. The molecule has 6 nitrogen and oxygen atoms in total. The minimum absolute atomic E-state index is 0.0229. The monoisotopic (exact) mass is 310 g/mol. The van der Waals surface area contributed by atoms with E-state index in [1.807, 2.05) is 19.9 Å². The molecule has 8 heteroatoms. The van der Waals surface area contributed by atoms with Gasteiger partial charge < -0.3 is 5.73 Å². The first-order chi connectivity index (χ1) is 9.25. The van der Waals surface area contributed by atoms with Gasteiger partial charge in [-0.3, -0.25) is 0 Å². The predicted molar refractivity (Wildman–Crippen MR) is 77.9 cm³/mol. The van der Waals surface area contributed by atoms with Crippen LogP contribution in [-0.2, 0) is 10.0 Å². The second kappa shape index (κ2) is 5.39. The van der Waals surface area contributed by atoms with Crippen molar-refractivity contribution in [2.75, 3.05) is 5.73 Å². The summed E-state index contributed by atoms with van der Waals surface area (Å²) in [4.78, 5) is 8.95. The molecular weight excluding hydrogens is 296 g/mol. The Bertz CT molecular complexity index is 740. The van der Waals surface area contributed by atoms with Gasteiger partial charge in [0.15, 0.2) is 5.16 Å². The van der Waals surface area contributed by atoms with E-state index < -0.39 is 10.0 Å². The number of rotatable bonds is 3. The van der Waals surface area contributed by atoms with E-state index in [0.717, 1.165) is 23.1 Å². The topological polar surface area (TPSA) is 112 Å². The highest BCUT2D eigenvalue weighted by Crippen LogP contribution is 2.31. The minimum atomic E-state index is -3.85. The largest absolute Gasteiger partial charge is 0.399 e. The van der Waals surface area contributed by atoms with E-state index in [9.17, 15) is 8.42 Å². The van der Waals surface area contributed by atoms with Crippen molar-refractivity contribution in [1.82, 2.24) is 9.97 Å². The van der Waals surface area contributed by atoms with Gasteiger partial charge in [0.1, 0.15) is 0 Å². The number of anilines is 1. The maximum absolute atomic E-state index is 11.6. The molecule has 2 aromatic rings. The number of hydrogen-bond donors (Lipinski definition) is 2. The number of sulfonamides is 1. The number of aromatic nitrogens is 2. The van der Waals surface area contributed by atoms with Crippen LogP contribution in [0.15, 0.2) is 39.2 Å². The molecular formula is C12H14N4O2S2. The molecule has 106 valence electrons. The molecule has 0 bridgehead atoms. The molecule has 1 heterocycles. The van der Waals surface area contributed by atoms with Crippen molar-refractivity contribution >= 4 is 27.5 Å². The Morgan fingerprint density at radius 3 is 2.25 bits per heavy atom. The number of nitrogens with two attached hydrogens (primary N) is 2. The Morgan fingerprint density at radius 2 is 1.70 bits per heavy atom. The van der Waals surface area contributed by atoms with Crippen LogP contribution in [0.25, 0.3) is 0 Å². The molecule has 0 fully saturated rings. The maximum Gasteiger partial charge on any atom is 0.239 e. The molecule has 0 aliphatic heterocycles. The van der Waals surface area contributed by atoms with Crippen molar-refractivity contribution in [2.45, 2.75) is 28.8 Å². The third-order valence-electron chi connectivity index (χ3n) is 2.44. The van der Waals surface area contributed by atoms with Crippen LogP contribution >= 0.6 is 11.8 Å². The fourth-order valence-corrected chi connectivity index (χ4v) is 3.66. The summed E-state index contributed by atoms with van der Waals surface area (Å²) >= 11 is 1.14. The Hall–Kier alpha value is -1.64. The van der Waals surface area contributed by atoms with Gasteiger partial charge in [-0.05, 0) is 49.9 Å². The van der Waals surface area contributed by atoms with Gasteiger partial charge in [-0.25, -0.2) is 23.5 Å². The summed E-state index contributed by atoms with van der Waals surface area (Å²) in [6, 6.07) is 6.38. The summed E-state index contributed by atoms with van der Waals surface area (Å²) in [5.41, 5.74) is 7.56. The number of aryl methyl sites for hydroxylation is 2. The van der Waals surface area contributed by atoms with Gasteiger partial charge in [-0.1, -0.05) is 0 Å². The van der Waals surface area contributed by atoms with Gasteiger partial charge in [-0.15, -0.1) is 0 Å². The van der Waals surface area contributed by atoms with E-state index in [1.165, 1.54) is 6.07 Å². The molecule has 0 atom stereocenters. The van der Waals surface area contributed by atoms with Crippen LogP contribution in [0.5, 0.6) is 0 Å². The van der Waals surface area contributed by atoms with Gasteiger partial charge in [0, 0.05) is 22.0 Å². The summed E-state index contributed by atoms with van der Waals surface area (Å²) < 4.78 is 23.2. The molecule has 0 unspecified atom stereocenters. The van der Waals surface area contributed by atoms with Crippen LogP contribution in [0.2, 0.25) is 0 Å². The van der Waals surface area contributed by atoms with E-state index in [-0.39, 0.29) is 4.90 Å². The third kappa shape index (κ3) is 3.47. The Balaban J connectivity index is 2.48. The lowest BCUT2D eigenvalue weighted by molar-refractivity contribution is 0.596. The van der Waals surface area contributed by atoms with Crippen LogP contribution in [0.3, 0.4) is 0 Å². The van der Waals surface area contributed by atoms with E-state index in [4.69, 9.17) is 10.9 Å². The normalized spacial score (nSPS) is 11.6. The third-order valence-corrected chi connectivity index (χ3v) is 4.46. The van der Waals surface area contributed by atoms with Gasteiger partial charge in [0.05, 0.1) is 4.90 Å². The SMILES string of the molecule is Cc1cc(C)nc(Sc2ccc(N)cc2S(N)(=O)=O)n1. The second-order valence-electron chi connectivity index (χ2n) is 4.29. The van der Waals surface area contributed by atoms with Gasteiger partial charge in [0.25, 0.3) is 0 Å². The predicted octanol–water partition coefficient (Wildman–Crippen LogP) is 1.47. The molecule has 0 spiro atoms. The van der Waals surface area contributed by atoms with E-state index in [0.29, 0.717) is 15.7 Å². The van der Waals surface area contributed by atoms with Crippen molar-refractivity contribution in [3.8, 4) is 0 Å². The summed E-state index contributed by atoms with van der Waals surface area (Å²) in [5, 5.41) is 5.67. The van der Waals surface area contributed by atoms with Crippen molar-refractivity contribution in [3.63, 3.8) is 0 Å². The van der Waals surface area contributed by atoms with Crippen molar-refractivity contribution in [1.29, 1.82) is 0 Å². The van der Waals surface area contributed by atoms with Crippen LogP contribution in [0.4, 0.5) is 5.69 Å². The minimum Gasteiger partial charge on any atom is -0.399 e. The lowest BCUT2D eigenvalue weighted by atomic mass is 10.3. The lowest BCUT2D eigenvalue weighted by Gasteiger charge is -2.08. The Morgan fingerprint density at radius 1 is 1.10 bits per heavy atom. The molecule has 20 heavy (non-hydrogen) atoms. The van der Waals surface area contributed by atoms with Gasteiger partial charge in [0.2, 0.25) is 10.0 Å². The Kier molecular flexibility index (Phi) is 3.98. The van der Waals surface area contributed by atoms with Gasteiger partial charge >= 0.3 is 0 Å². The first-order valence-electron chi connectivity index (χ1n) is 5.68. The number of nitrogen functional groups attached to an aromatic ring is 1. The van der Waals surface area contributed by atoms with E-state index in [2.05, 4.69) is 9.97 Å². The molecule has 0 saturated carbocycles. The Labute approximate surface area is 121 Å². The standard InChI is InChI=1S/C12H14N4O2S2/c1-7-5-8(2)16-12(15-7)19-10-4-3-9(13)6-11(10)20(14,17)18/h3-6H,13H2,1-2H3,(H2,14,17,18). The highest BCUT2D eigenvalue weighted by molar-refractivity contribution is 8.00. The zero-order chi connectivity index (χ0) is 14.9. The van der Waals surface area contributed by atoms with Crippen molar-refractivity contribution in [2.24, 2.45) is 5.14 Å². The number of benzene rings is 1. The number of nitrogens with zero attached hydrogens (tertiary/aromatic N) is 2. The fraction of sp³-hybridized carbons (Fsp3) is 0.167. The first-order valence-corrected chi connectivity index (χ1v) is 8.04. The summed E-state index contributed by atoms with van der Waals surface area (Å²) in [6.45, 7) is 3.70. The zero-order valence-corrected chi connectivity index (χ0v) is 12.6. The summed E-state index contributed by atoms with van der Waals surface area (Å²) in [6.07, 6.45) is 0. The molecule has 0 aliphatic carbocycles. The average molecular weight is 310 g/mol.